The highest BCUT2D eigenvalue weighted by Gasteiger charge is 2.06. The van der Waals surface area contributed by atoms with Gasteiger partial charge in [-0.25, -0.2) is 9.97 Å². The molecule has 0 saturated heterocycles. The lowest BCUT2D eigenvalue weighted by molar-refractivity contribution is 1.17. The quantitative estimate of drug-likeness (QED) is 0.840. The Hall–Kier alpha value is -1.46. The van der Waals surface area contributed by atoms with Gasteiger partial charge in [0.05, 0.1) is 9.17 Å². The summed E-state index contributed by atoms with van der Waals surface area (Å²) in [5.41, 5.74) is 1.06. The van der Waals surface area contributed by atoms with Crippen molar-refractivity contribution in [3.05, 3.63) is 53.1 Å². The standard InChI is InChI=1S/C13H12BrN3S/c1-3-5-9(4-2)7-15-12-10-6-11(14)18-13(10)17-8-16-12/h3-6,8H,1-2,7H2,(H,15,16,17)/b9-5+. The van der Waals surface area contributed by atoms with Gasteiger partial charge < -0.3 is 5.32 Å². The minimum atomic E-state index is 0.662. The number of fused-ring (bicyclic) bond motifs is 1. The van der Waals surface area contributed by atoms with Gasteiger partial charge in [0, 0.05) is 6.54 Å². The zero-order valence-electron chi connectivity index (χ0n) is 9.69. The van der Waals surface area contributed by atoms with Crippen molar-refractivity contribution in [1.82, 2.24) is 9.97 Å². The van der Waals surface area contributed by atoms with Crippen LogP contribution in [-0.2, 0) is 0 Å². The molecule has 0 unspecified atom stereocenters. The molecule has 0 bridgehead atoms. The third kappa shape index (κ3) is 2.86. The monoisotopic (exact) mass is 321 g/mol. The van der Waals surface area contributed by atoms with Crippen LogP contribution in [0.1, 0.15) is 0 Å². The number of hydrogen-bond donors (Lipinski definition) is 1. The van der Waals surface area contributed by atoms with E-state index in [2.05, 4.69) is 44.4 Å². The number of nitrogens with one attached hydrogen (secondary N) is 1. The van der Waals surface area contributed by atoms with Gasteiger partial charge in [-0.1, -0.05) is 31.4 Å². The number of thiophene rings is 1. The molecule has 18 heavy (non-hydrogen) atoms. The van der Waals surface area contributed by atoms with Gasteiger partial charge in [-0.3, -0.25) is 0 Å². The van der Waals surface area contributed by atoms with Crippen molar-refractivity contribution in [3.8, 4) is 0 Å². The van der Waals surface area contributed by atoms with Gasteiger partial charge in [0.1, 0.15) is 17.0 Å². The van der Waals surface area contributed by atoms with Crippen LogP contribution in [0.4, 0.5) is 5.82 Å². The van der Waals surface area contributed by atoms with Gasteiger partial charge in [0.15, 0.2) is 0 Å². The maximum Gasteiger partial charge on any atom is 0.138 e. The number of rotatable bonds is 5. The average molecular weight is 322 g/mol. The highest BCUT2D eigenvalue weighted by atomic mass is 79.9. The molecule has 0 amide bonds. The summed E-state index contributed by atoms with van der Waals surface area (Å²) in [4.78, 5) is 9.46. The molecule has 0 aliphatic heterocycles. The topological polar surface area (TPSA) is 37.8 Å². The zero-order chi connectivity index (χ0) is 13.0. The molecule has 0 aliphatic rings. The molecule has 2 aromatic rings. The fraction of sp³-hybridized carbons (Fsp3) is 0.0769. The van der Waals surface area contributed by atoms with Gasteiger partial charge in [0.2, 0.25) is 0 Å². The van der Waals surface area contributed by atoms with E-state index in [1.54, 1.807) is 29.8 Å². The van der Waals surface area contributed by atoms with Crippen LogP contribution in [-0.4, -0.2) is 16.5 Å². The second kappa shape index (κ2) is 5.93. The maximum atomic E-state index is 4.26. The van der Waals surface area contributed by atoms with Crippen molar-refractivity contribution in [2.45, 2.75) is 0 Å². The van der Waals surface area contributed by atoms with E-state index >= 15 is 0 Å². The van der Waals surface area contributed by atoms with Gasteiger partial charge in [-0.05, 0) is 27.6 Å². The Morgan fingerprint density at radius 3 is 3.00 bits per heavy atom. The van der Waals surface area contributed by atoms with Crippen LogP contribution in [0.3, 0.4) is 0 Å². The van der Waals surface area contributed by atoms with E-state index in [0.29, 0.717) is 6.54 Å². The molecule has 0 aromatic carbocycles. The van der Waals surface area contributed by atoms with E-state index in [1.807, 2.05) is 12.1 Å². The Bertz CT molecular complexity index is 616. The summed E-state index contributed by atoms with van der Waals surface area (Å²) in [7, 11) is 0. The first-order chi connectivity index (χ1) is 8.74. The van der Waals surface area contributed by atoms with Gasteiger partial charge in [0.25, 0.3) is 0 Å². The second-order valence-electron chi connectivity index (χ2n) is 3.53. The van der Waals surface area contributed by atoms with E-state index in [9.17, 15) is 0 Å². The molecule has 5 heteroatoms. The fourth-order valence-corrected chi connectivity index (χ4v) is 2.92. The van der Waals surface area contributed by atoms with E-state index in [0.717, 1.165) is 25.4 Å². The highest BCUT2D eigenvalue weighted by molar-refractivity contribution is 9.11. The molecule has 0 atom stereocenters. The van der Waals surface area contributed by atoms with E-state index < -0.39 is 0 Å². The molecule has 2 heterocycles. The van der Waals surface area contributed by atoms with Gasteiger partial charge >= 0.3 is 0 Å². The number of nitrogens with zero attached hydrogens (tertiary/aromatic N) is 2. The van der Waals surface area contributed by atoms with Crippen LogP contribution in [0.15, 0.2) is 53.1 Å². The molecule has 2 rings (SSSR count). The molecule has 0 saturated carbocycles. The predicted octanol–water partition coefficient (Wildman–Crippen LogP) is 4.16. The van der Waals surface area contributed by atoms with Crippen LogP contribution in [0.2, 0.25) is 0 Å². The minimum absolute atomic E-state index is 0.662. The van der Waals surface area contributed by atoms with E-state index in [4.69, 9.17) is 0 Å². The number of aromatic nitrogens is 2. The molecule has 2 aromatic heterocycles. The first-order valence-electron chi connectivity index (χ1n) is 5.32. The minimum Gasteiger partial charge on any atom is -0.365 e. The number of allylic oxidation sites excluding steroid dienone is 2. The highest BCUT2D eigenvalue weighted by Crippen LogP contribution is 2.31. The fourth-order valence-electron chi connectivity index (χ4n) is 1.50. The Labute approximate surface area is 118 Å². The number of hydrogen-bond acceptors (Lipinski definition) is 4. The molecular weight excluding hydrogens is 310 g/mol. The summed E-state index contributed by atoms with van der Waals surface area (Å²) in [6.45, 7) is 8.10. The normalized spacial score (nSPS) is 11.5. The van der Waals surface area contributed by atoms with Gasteiger partial charge in [-0.15, -0.1) is 11.3 Å². The van der Waals surface area contributed by atoms with Crippen LogP contribution in [0.5, 0.6) is 0 Å². The summed E-state index contributed by atoms with van der Waals surface area (Å²) in [6.07, 6.45) is 7.03. The van der Waals surface area contributed by atoms with Crippen LogP contribution in [0.25, 0.3) is 10.2 Å². The Kier molecular flexibility index (Phi) is 4.28. The van der Waals surface area contributed by atoms with Crippen molar-refractivity contribution in [2.75, 3.05) is 11.9 Å². The van der Waals surface area contributed by atoms with Crippen LogP contribution < -0.4 is 5.32 Å². The Morgan fingerprint density at radius 2 is 2.28 bits per heavy atom. The first kappa shape index (κ1) is 13.0. The van der Waals surface area contributed by atoms with Crippen molar-refractivity contribution >= 4 is 43.3 Å². The molecule has 0 fully saturated rings. The van der Waals surface area contributed by atoms with Crippen LogP contribution in [0, 0.1) is 0 Å². The number of anilines is 1. The van der Waals surface area contributed by atoms with E-state index in [-0.39, 0.29) is 0 Å². The molecule has 0 spiro atoms. The zero-order valence-corrected chi connectivity index (χ0v) is 12.1. The lowest BCUT2D eigenvalue weighted by Gasteiger charge is -2.06. The van der Waals surface area contributed by atoms with Crippen molar-refractivity contribution in [1.29, 1.82) is 0 Å². The molecule has 0 radical (unpaired) electrons. The molecule has 3 nitrogen and oxygen atoms in total. The molecule has 92 valence electrons. The van der Waals surface area contributed by atoms with Crippen molar-refractivity contribution in [3.63, 3.8) is 0 Å². The summed E-state index contributed by atoms with van der Waals surface area (Å²) < 4.78 is 1.05. The number of halogens is 1. The second-order valence-corrected chi connectivity index (χ2v) is 5.94. The first-order valence-corrected chi connectivity index (χ1v) is 6.93. The van der Waals surface area contributed by atoms with Crippen LogP contribution >= 0.6 is 27.3 Å². The Balaban J connectivity index is 2.24. The summed E-state index contributed by atoms with van der Waals surface area (Å²) in [5.74, 6) is 0.832. The van der Waals surface area contributed by atoms with Gasteiger partial charge in [-0.2, -0.15) is 0 Å². The maximum absolute atomic E-state index is 4.26. The van der Waals surface area contributed by atoms with E-state index in [1.165, 1.54) is 0 Å². The Morgan fingerprint density at radius 1 is 1.44 bits per heavy atom. The lowest BCUT2D eigenvalue weighted by Crippen LogP contribution is -2.05. The van der Waals surface area contributed by atoms with Crippen molar-refractivity contribution in [2.24, 2.45) is 0 Å². The molecule has 0 aliphatic carbocycles. The average Bonchev–Trinajstić information content (AvgIpc) is 2.75. The SMILES string of the molecule is C=C/C=C(\C=C)CNc1ncnc2sc(Br)cc12. The smallest absolute Gasteiger partial charge is 0.138 e. The summed E-state index contributed by atoms with van der Waals surface area (Å²) >= 11 is 5.05. The molecule has 1 N–H and O–H groups in total. The molecular formula is C13H12BrN3S. The third-order valence-electron chi connectivity index (χ3n) is 2.35. The summed E-state index contributed by atoms with van der Waals surface area (Å²) in [6, 6.07) is 2.02. The van der Waals surface area contributed by atoms with Crippen molar-refractivity contribution < 1.29 is 0 Å². The summed E-state index contributed by atoms with van der Waals surface area (Å²) in [5, 5.41) is 4.31. The largest absolute Gasteiger partial charge is 0.365 e. The lowest BCUT2D eigenvalue weighted by atomic mass is 10.2. The predicted molar refractivity (Wildman–Crippen MR) is 82.1 cm³/mol. The third-order valence-corrected chi connectivity index (χ3v) is 3.90.